The second-order valence-corrected chi connectivity index (χ2v) is 5.16. The highest BCUT2D eigenvalue weighted by Gasteiger charge is 2.32. The third-order valence-electron chi connectivity index (χ3n) is 3.59. The number of aromatic nitrogens is 1. The van der Waals surface area contributed by atoms with Gasteiger partial charge >= 0.3 is 6.18 Å². The van der Waals surface area contributed by atoms with Gasteiger partial charge in [0.25, 0.3) is 0 Å². The molecule has 4 nitrogen and oxygen atoms in total. The summed E-state index contributed by atoms with van der Waals surface area (Å²) < 4.78 is 44.1. The maximum absolute atomic E-state index is 12.9. The minimum Gasteiger partial charge on any atom is -0.378 e. The van der Waals surface area contributed by atoms with Crippen molar-refractivity contribution in [2.24, 2.45) is 5.92 Å². The monoisotopic (exact) mass is 303 g/mol. The number of nitrogens with one attached hydrogen (secondary N) is 2. The summed E-state index contributed by atoms with van der Waals surface area (Å²) in [6.07, 6.45) is -3.35. The van der Waals surface area contributed by atoms with E-state index in [-0.39, 0.29) is 17.7 Å². The van der Waals surface area contributed by atoms with Crippen molar-refractivity contribution >= 4 is 11.6 Å². The molecule has 2 heterocycles. The van der Waals surface area contributed by atoms with Crippen LogP contribution in [0.5, 0.6) is 0 Å². The van der Waals surface area contributed by atoms with Crippen LogP contribution in [-0.2, 0) is 10.9 Å². The molecule has 0 bridgehead atoms. The first-order valence-electron chi connectivity index (χ1n) is 7.08. The van der Waals surface area contributed by atoms with Crippen LogP contribution < -0.4 is 10.6 Å². The molecule has 0 aromatic carbocycles. The van der Waals surface area contributed by atoms with Crippen LogP contribution in [0.1, 0.15) is 25.8 Å². The van der Waals surface area contributed by atoms with E-state index in [1.807, 2.05) is 13.8 Å². The first kappa shape index (κ1) is 15.9. The first-order chi connectivity index (χ1) is 9.90. The highest BCUT2D eigenvalue weighted by atomic mass is 19.4. The second kappa shape index (κ2) is 6.51. The van der Waals surface area contributed by atoms with Gasteiger partial charge in [-0.2, -0.15) is 13.2 Å². The van der Waals surface area contributed by atoms with Gasteiger partial charge in [-0.15, -0.1) is 0 Å². The highest BCUT2D eigenvalue weighted by Crippen LogP contribution is 2.32. The summed E-state index contributed by atoms with van der Waals surface area (Å²) in [4.78, 5) is 4.16. The molecule has 1 aromatic rings. The number of ether oxygens (including phenoxy) is 1. The molecule has 0 saturated carbocycles. The zero-order valence-electron chi connectivity index (χ0n) is 12.1. The van der Waals surface area contributed by atoms with E-state index in [9.17, 15) is 13.2 Å². The molecular formula is C14H20F3N3O. The van der Waals surface area contributed by atoms with Crippen LogP contribution in [0.3, 0.4) is 0 Å². The summed E-state index contributed by atoms with van der Waals surface area (Å²) in [6, 6.07) is 2.07. The minimum atomic E-state index is -4.38. The molecule has 0 spiro atoms. The molecule has 2 rings (SSSR count). The number of rotatable bonds is 5. The predicted octanol–water partition coefficient (Wildman–Crippen LogP) is 3.37. The Morgan fingerprint density at radius 1 is 1.29 bits per heavy atom. The number of hydrogen-bond donors (Lipinski definition) is 2. The fourth-order valence-electron chi connectivity index (χ4n) is 2.34. The summed E-state index contributed by atoms with van der Waals surface area (Å²) in [6.45, 7) is 5.56. The molecule has 0 aliphatic carbocycles. The average molecular weight is 303 g/mol. The van der Waals surface area contributed by atoms with E-state index in [4.69, 9.17) is 4.74 Å². The number of pyridine rings is 1. The third kappa shape index (κ3) is 4.23. The average Bonchev–Trinajstić information content (AvgIpc) is 2.81. The quantitative estimate of drug-likeness (QED) is 0.875. The van der Waals surface area contributed by atoms with Crippen molar-refractivity contribution < 1.29 is 17.9 Å². The van der Waals surface area contributed by atoms with E-state index in [2.05, 4.69) is 15.6 Å². The molecule has 21 heavy (non-hydrogen) atoms. The van der Waals surface area contributed by atoms with Crippen LogP contribution in [0, 0.1) is 5.92 Å². The lowest BCUT2D eigenvalue weighted by molar-refractivity contribution is -0.137. The molecule has 1 aliphatic rings. The lowest BCUT2D eigenvalue weighted by Crippen LogP contribution is -2.21. The zero-order valence-corrected chi connectivity index (χ0v) is 12.1. The third-order valence-corrected chi connectivity index (χ3v) is 3.59. The SMILES string of the molecule is CCNc1cc(C(F)(F)F)cc(NCC2CCOC2C)n1. The van der Waals surface area contributed by atoms with E-state index < -0.39 is 11.7 Å². The Morgan fingerprint density at radius 2 is 1.95 bits per heavy atom. The van der Waals surface area contributed by atoms with Crippen LogP contribution in [0.25, 0.3) is 0 Å². The molecule has 0 amide bonds. The summed E-state index contributed by atoms with van der Waals surface area (Å²) in [5, 5.41) is 5.82. The Morgan fingerprint density at radius 3 is 2.48 bits per heavy atom. The normalized spacial score (nSPS) is 22.3. The molecule has 1 aromatic heterocycles. The van der Waals surface area contributed by atoms with Crippen LogP contribution >= 0.6 is 0 Å². The zero-order chi connectivity index (χ0) is 15.5. The van der Waals surface area contributed by atoms with Crippen molar-refractivity contribution in [2.45, 2.75) is 32.5 Å². The second-order valence-electron chi connectivity index (χ2n) is 5.16. The van der Waals surface area contributed by atoms with Crippen LogP contribution in [0.15, 0.2) is 12.1 Å². The molecule has 0 radical (unpaired) electrons. The molecule has 1 saturated heterocycles. The van der Waals surface area contributed by atoms with Gasteiger partial charge in [0.1, 0.15) is 11.6 Å². The molecular weight excluding hydrogens is 283 g/mol. The minimum absolute atomic E-state index is 0.122. The van der Waals surface area contributed by atoms with Gasteiger partial charge in [0, 0.05) is 25.6 Å². The summed E-state index contributed by atoms with van der Waals surface area (Å²) in [5.74, 6) is 0.759. The highest BCUT2D eigenvalue weighted by molar-refractivity contribution is 5.49. The summed E-state index contributed by atoms with van der Waals surface area (Å²) >= 11 is 0. The Kier molecular flexibility index (Phi) is 4.92. The van der Waals surface area contributed by atoms with Gasteiger partial charge in [0.05, 0.1) is 11.7 Å². The molecule has 1 fully saturated rings. The number of alkyl halides is 3. The smallest absolute Gasteiger partial charge is 0.378 e. The van der Waals surface area contributed by atoms with Crippen LogP contribution in [-0.4, -0.2) is 30.8 Å². The Balaban J connectivity index is 2.11. The number of nitrogens with zero attached hydrogens (tertiary/aromatic N) is 1. The Hall–Kier alpha value is -1.50. The van der Waals surface area contributed by atoms with Gasteiger partial charge in [-0.3, -0.25) is 0 Å². The van der Waals surface area contributed by atoms with Gasteiger partial charge in [-0.1, -0.05) is 0 Å². The van der Waals surface area contributed by atoms with E-state index in [1.54, 1.807) is 0 Å². The Labute approximate surface area is 122 Å². The number of hydrogen-bond acceptors (Lipinski definition) is 4. The topological polar surface area (TPSA) is 46.2 Å². The molecule has 2 atom stereocenters. The largest absolute Gasteiger partial charge is 0.416 e. The van der Waals surface area contributed by atoms with Crippen molar-refractivity contribution in [1.82, 2.24) is 4.98 Å². The fraction of sp³-hybridized carbons (Fsp3) is 0.643. The lowest BCUT2D eigenvalue weighted by Gasteiger charge is -2.17. The van der Waals surface area contributed by atoms with Crippen molar-refractivity contribution in [3.8, 4) is 0 Å². The van der Waals surface area contributed by atoms with Gasteiger partial charge in [0.2, 0.25) is 0 Å². The standard InChI is InChI=1S/C14H20F3N3O/c1-3-18-12-6-11(14(15,16)17)7-13(20-12)19-8-10-4-5-21-9(10)2/h6-7,9-10H,3-5,8H2,1-2H3,(H2,18,19,20). The van der Waals surface area contributed by atoms with E-state index in [1.165, 1.54) is 0 Å². The van der Waals surface area contributed by atoms with E-state index >= 15 is 0 Å². The summed E-state index contributed by atoms with van der Waals surface area (Å²) in [5.41, 5.74) is -0.702. The van der Waals surface area contributed by atoms with Gasteiger partial charge in [-0.05, 0) is 32.4 Å². The molecule has 2 N–H and O–H groups in total. The van der Waals surface area contributed by atoms with Crippen molar-refractivity contribution in [3.05, 3.63) is 17.7 Å². The van der Waals surface area contributed by atoms with Crippen molar-refractivity contribution in [1.29, 1.82) is 0 Å². The maximum atomic E-state index is 12.9. The maximum Gasteiger partial charge on any atom is 0.416 e. The van der Waals surface area contributed by atoms with Crippen molar-refractivity contribution in [3.63, 3.8) is 0 Å². The number of halogens is 3. The van der Waals surface area contributed by atoms with Gasteiger partial charge in [0.15, 0.2) is 0 Å². The Bertz CT molecular complexity index is 479. The number of anilines is 2. The molecule has 118 valence electrons. The van der Waals surface area contributed by atoms with Gasteiger partial charge < -0.3 is 15.4 Å². The van der Waals surface area contributed by atoms with Crippen LogP contribution in [0.4, 0.5) is 24.8 Å². The summed E-state index contributed by atoms with van der Waals surface area (Å²) in [7, 11) is 0. The van der Waals surface area contributed by atoms with E-state index in [0.29, 0.717) is 25.6 Å². The lowest BCUT2D eigenvalue weighted by atomic mass is 10.0. The van der Waals surface area contributed by atoms with E-state index in [0.717, 1.165) is 18.6 Å². The van der Waals surface area contributed by atoms with Crippen molar-refractivity contribution in [2.75, 3.05) is 30.3 Å². The van der Waals surface area contributed by atoms with Gasteiger partial charge in [-0.25, -0.2) is 4.98 Å². The predicted molar refractivity (Wildman–Crippen MR) is 75.4 cm³/mol. The van der Waals surface area contributed by atoms with Crippen LogP contribution in [0.2, 0.25) is 0 Å². The molecule has 2 unspecified atom stereocenters. The first-order valence-corrected chi connectivity index (χ1v) is 7.08. The molecule has 1 aliphatic heterocycles. The molecule has 7 heteroatoms. The fourth-order valence-corrected chi connectivity index (χ4v) is 2.34.